The van der Waals surface area contributed by atoms with Crippen molar-refractivity contribution in [3.8, 4) is 11.8 Å². The van der Waals surface area contributed by atoms with Gasteiger partial charge in [0, 0.05) is 18.6 Å². The molecule has 2 rings (SSSR count). The molecule has 4 nitrogen and oxygen atoms in total. The first-order valence-electron chi connectivity index (χ1n) is 8.49. The van der Waals surface area contributed by atoms with Gasteiger partial charge in [-0.3, -0.25) is 0 Å². The summed E-state index contributed by atoms with van der Waals surface area (Å²) >= 11 is 0. The topological polar surface area (TPSA) is 48.3 Å². The average Bonchev–Trinajstić information content (AvgIpc) is 2.60. The van der Waals surface area contributed by atoms with Crippen LogP contribution in [-0.4, -0.2) is 31.1 Å². The van der Waals surface area contributed by atoms with Crippen LogP contribution in [0.2, 0.25) is 0 Å². The molecule has 0 atom stereocenters. The van der Waals surface area contributed by atoms with Crippen molar-refractivity contribution in [2.45, 2.75) is 32.5 Å². The second-order valence-corrected chi connectivity index (χ2v) is 7.06. The zero-order valence-corrected chi connectivity index (χ0v) is 15.5. The van der Waals surface area contributed by atoms with Crippen LogP contribution in [0.25, 0.3) is 0 Å². The summed E-state index contributed by atoms with van der Waals surface area (Å²) in [6, 6.07) is 17.8. The Morgan fingerprint density at radius 1 is 1.08 bits per heavy atom. The molecule has 132 valence electrons. The number of nitrogens with one attached hydrogen (secondary N) is 1. The lowest BCUT2D eigenvalue weighted by Crippen LogP contribution is -2.46. The second-order valence-electron chi connectivity index (χ2n) is 7.06. The van der Waals surface area contributed by atoms with Crippen LogP contribution in [-0.2, 0) is 13.2 Å². The minimum absolute atomic E-state index is 0.111. The summed E-state index contributed by atoms with van der Waals surface area (Å²) in [5.41, 5.74) is 2.95. The van der Waals surface area contributed by atoms with E-state index in [0.29, 0.717) is 12.2 Å². The Kier molecular flexibility index (Phi) is 6.58. The monoisotopic (exact) mass is 337 g/mol. The lowest BCUT2D eigenvalue weighted by Gasteiger charge is -2.32. The number of nitrogens with zero attached hydrogens (tertiary/aromatic N) is 2. The van der Waals surface area contributed by atoms with Crippen molar-refractivity contribution in [3.05, 3.63) is 65.2 Å². The quantitative estimate of drug-likeness (QED) is 0.800. The Morgan fingerprint density at radius 3 is 2.52 bits per heavy atom. The van der Waals surface area contributed by atoms with Crippen LogP contribution in [0.15, 0.2) is 48.5 Å². The van der Waals surface area contributed by atoms with E-state index < -0.39 is 0 Å². The molecule has 0 saturated carbocycles. The Hall–Kier alpha value is -2.35. The van der Waals surface area contributed by atoms with Gasteiger partial charge in [0.15, 0.2) is 0 Å². The number of benzene rings is 2. The molecule has 0 bridgehead atoms. The maximum absolute atomic E-state index is 8.96. The van der Waals surface area contributed by atoms with Crippen LogP contribution in [0, 0.1) is 11.3 Å². The van der Waals surface area contributed by atoms with E-state index in [4.69, 9.17) is 10.00 Å². The lowest BCUT2D eigenvalue weighted by atomic mass is 10.0. The molecule has 0 spiro atoms. The second kappa shape index (κ2) is 8.66. The molecular formula is C21H27N3O. The van der Waals surface area contributed by atoms with Crippen LogP contribution in [0.1, 0.15) is 30.5 Å². The minimum Gasteiger partial charge on any atom is -0.489 e. The van der Waals surface area contributed by atoms with Gasteiger partial charge in [-0.15, -0.1) is 0 Å². The first-order chi connectivity index (χ1) is 11.9. The largest absolute Gasteiger partial charge is 0.489 e. The van der Waals surface area contributed by atoms with Crippen molar-refractivity contribution < 1.29 is 4.74 Å². The summed E-state index contributed by atoms with van der Waals surface area (Å²) < 4.78 is 5.87. The zero-order chi connectivity index (χ0) is 18.3. The number of hydrogen-bond donors (Lipinski definition) is 1. The number of ether oxygens (including phenoxy) is 1. The summed E-state index contributed by atoms with van der Waals surface area (Å²) in [7, 11) is 4.19. The molecule has 2 aromatic carbocycles. The molecule has 0 radical (unpaired) electrons. The number of rotatable bonds is 8. The van der Waals surface area contributed by atoms with Gasteiger partial charge in [0.05, 0.1) is 11.6 Å². The van der Waals surface area contributed by atoms with Crippen LogP contribution in [0.4, 0.5) is 0 Å². The first-order valence-corrected chi connectivity index (χ1v) is 8.49. The molecule has 2 aromatic rings. The summed E-state index contributed by atoms with van der Waals surface area (Å²) in [6.45, 7) is 6.61. The first kappa shape index (κ1) is 19.0. The van der Waals surface area contributed by atoms with Gasteiger partial charge in [-0.2, -0.15) is 5.26 Å². The summed E-state index contributed by atoms with van der Waals surface area (Å²) in [6.07, 6.45) is 0. The lowest BCUT2D eigenvalue weighted by molar-refractivity contribution is 0.189. The number of hydrogen-bond acceptors (Lipinski definition) is 4. The Bertz CT molecular complexity index is 732. The SMILES string of the molecule is CN(C)C(C)(C)CNCc1cccc(OCc2cccc(C#N)c2)c1. The number of nitriles is 1. The fourth-order valence-electron chi connectivity index (χ4n) is 2.31. The highest BCUT2D eigenvalue weighted by molar-refractivity contribution is 5.33. The van der Waals surface area contributed by atoms with Crippen molar-refractivity contribution in [2.75, 3.05) is 20.6 Å². The van der Waals surface area contributed by atoms with Crippen LogP contribution >= 0.6 is 0 Å². The molecule has 0 aliphatic rings. The molecule has 0 aliphatic carbocycles. The van der Waals surface area contributed by atoms with Gasteiger partial charge >= 0.3 is 0 Å². The predicted molar refractivity (Wildman–Crippen MR) is 101 cm³/mol. The van der Waals surface area contributed by atoms with Gasteiger partial charge in [-0.25, -0.2) is 0 Å². The highest BCUT2D eigenvalue weighted by Crippen LogP contribution is 2.16. The van der Waals surface area contributed by atoms with E-state index in [1.165, 1.54) is 5.56 Å². The van der Waals surface area contributed by atoms with E-state index in [1.807, 2.05) is 30.3 Å². The summed E-state index contributed by atoms with van der Waals surface area (Å²) in [5, 5.41) is 12.5. The van der Waals surface area contributed by atoms with E-state index in [2.05, 4.69) is 56.4 Å². The maximum atomic E-state index is 8.96. The van der Waals surface area contributed by atoms with Crippen LogP contribution in [0.5, 0.6) is 5.75 Å². The highest BCUT2D eigenvalue weighted by Gasteiger charge is 2.19. The van der Waals surface area contributed by atoms with Gasteiger partial charge in [0.2, 0.25) is 0 Å². The fraction of sp³-hybridized carbons (Fsp3) is 0.381. The molecule has 25 heavy (non-hydrogen) atoms. The molecule has 0 aliphatic heterocycles. The standard InChI is InChI=1S/C21H27N3O/c1-21(2,24(3)4)16-23-14-18-8-6-10-20(12-18)25-15-19-9-5-7-17(11-19)13-22/h5-12,23H,14-16H2,1-4H3. The third kappa shape index (κ3) is 5.90. The van der Waals surface area contributed by atoms with Gasteiger partial charge in [-0.05, 0) is 63.3 Å². The predicted octanol–water partition coefficient (Wildman–Crippen LogP) is 3.57. The average molecular weight is 337 g/mol. The molecule has 0 unspecified atom stereocenters. The molecule has 4 heteroatoms. The van der Waals surface area contributed by atoms with E-state index >= 15 is 0 Å². The fourth-order valence-corrected chi connectivity index (χ4v) is 2.31. The van der Waals surface area contributed by atoms with E-state index in [0.717, 1.165) is 24.4 Å². The van der Waals surface area contributed by atoms with E-state index in [9.17, 15) is 0 Å². The molecule has 0 fully saturated rings. The van der Waals surface area contributed by atoms with Crippen molar-refractivity contribution in [2.24, 2.45) is 0 Å². The molecule has 0 aromatic heterocycles. The van der Waals surface area contributed by atoms with Crippen molar-refractivity contribution in [3.63, 3.8) is 0 Å². The third-order valence-corrected chi connectivity index (χ3v) is 4.46. The maximum Gasteiger partial charge on any atom is 0.120 e. The van der Waals surface area contributed by atoms with Gasteiger partial charge in [0.1, 0.15) is 12.4 Å². The molecule has 1 N–H and O–H groups in total. The van der Waals surface area contributed by atoms with Crippen molar-refractivity contribution in [1.29, 1.82) is 5.26 Å². The Labute approximate surface area is 151 Å². The third-order valence-electron chi connectivity index (χ3n) is 4.46. The van der Waals surface area contributed by atoms with Gasteiger partial charge < -0.3 is 15.0 Å². The van der Waals surface area contributed by atoms with Crippen LogP contribution < -0.4 is 10.1 Å². The molecular weight excluding hydrogens is 310 g/mol. The molecule has 0 heterocycles. The zero-order valence-electron chi connectivity index (χ0n) is 15.5. The van der Waals surface area contributed by atoms with Crippen LogP contribution in [0.3, 0.4) is 0 Å². The Morgan fingerprint density at radius 2 is 1.80 bits per heavy atom. The Balaban J connectivity index is 1.89. The normalized spacial score (nSPS) is 11.4. The highest BCUT2D eigenvalue weighted by atomic mass is 16.5. The smallest absolute Gasteiger partial charge is 0.120 e. The molecule has 0 amide bonds. The molecule has 0 saturated heterocycles. The number of likely N-dealkylation sites (N-methyl/N-ethyl adjacent to an activating group) is 1. The summed E-state index contributed by atoms with van der Waals surface area (Å²) in [4.78, 5) is 2.22. The summed E-state index contributed by atoms with van der Waals surface area (Å²) in [5.74, 6) is 0.841. The van der Waals surface area contributed by atoms with Gasteiger partial charge in [0.25, 0.3) is 0 Å². The van der Waals surface area contributed by atoms with E-state index in [-0.39, 0.29) is 5.54 Å². The van der Waals surface area contributed by atoms with Crippen molar-refractivity contribution >= 4 is 0 Å². The van der Waals surface area contributed by atoms with Gasteiger partial charge in [-0.1, -0.05) is 24.3 Å². The minimum atomic E-state index is 0.111. The van der Waals surface area contributed by atoms with Crippen molar-refractivity contribution in [1.82, 2.24) is 10.2 Å². The van der Waals surface area contributed by atoms with E-state index in [1.54, 1.807) is 6.07 Å².